The quantitative estimate of drug-likeness (QED) is 0.833. The van der Waals surface area contributed by atoms with Gasteiger partial charge in [-0.05, 0) is 37.1 Å². The molecule has 1 atom stereocenters. The number of Topliss-reactive ketones (excluding diaryl/α,β-unsaturated/α-hetero) is 1. The molecule has 1 amide bonds. The van der Waals surface area contributed by atoms with Crippen LogP contribution in [0.1, 0.15) is 34.5 Å². The van der Waals surface area contributed by atoms with E-state index in [4.69, 9.17) is 0 Å². The normalized spacial score (nSPS) is 18.4. The van der Waals surface area contributed by atoms with Crippen LogP contribution in [0.5, 0.6) is 0 Å². The number of aryl methyl sites for hydroxylation is 1. The maximum absolute atomic E-state index is 13.2. The number of nitrogens with one attached hydrogen (secondary N) is 1. The van der Waals surface area contributed by atoms with E-state index in [-0.39, 0.29) is 29.7 Å². The second-order valence-electron chi connectivity index (χ2n) is 6.25. The second kappa shape index (κ2) is 7.01. The standard InChI is InChI=1S/C19H20N2O4S/c1-13-6-3-4-9-17(13)18-19(23)20-10-11-21(18)26(24,25)16-8-5-7-15(12-16)14(2)22/h3-9,12,18H,10-11H2,1-2H3,(H,20,23). The fourth-order valence-electron chi connectivity index (χ4n) is 3.11. The van der Waals surface area contributed by atoms with Gasteiger partial charge in [0.15, 0.2) is 5.78 Å². The van der Waals surface area contributed by atoms with Crippen molar-refractivity contribution in [1.82, 2.24) is 9.62 Å². The number of sulfonamides is 1. The number of piperazine rings is 1. The molecule has 0 aromatic heterocycles. The number of rotatable bonds is 4. The molecule has 136 valence electrons. The Bertz CT molecular complexity index is 969. The van der Waals surface area contributed by atoms with E-state index in [2.05, 4.69) is 5.32 Å². The van der Waals surface area contributed by atoms with Gasteiger partial charge in [-0.2, -0.15) is 4.31 Å². The molecule has 3 rings (SSSR count). The van der Waals surface area contributed by atoms with Crippen LogP contribution in [0.3, 0.4) is 0 Å². The van der Waals surface area contributed by atoms with Gasteiger partial charge in [-0.25, -0.2) is 8.42 Å². The van der Waals surface area contributed by atoms with Crippen LogP contribution in [-0.4, -0.2) is 37.5 Å². The molecule has 1 saturated heterocycles. The summed E-state index contributed by atoms with van der Waals surface area (Å²) < 4.78 is 27.7. The molecule has 0 radical (unpaired) electrons. The van der Waals surface area contributed by atoms with Gasteiger partial charge in [0.05, 0.1) is 4.90 Å². The van der Waals surface area contributed by atoms with E-state index in [1.165, 1.54) is 29.4 Å². The summed E-state index contributed by atoms with van der Waals surface area (Å²) in [5.74, 6) is -0.564. The summed E-state index contributed by atoms with van der Waals surface area (Å²) in [5.41, 5.74) is 1.81. The molecule has 1 aliphatic rings. The van der Waals surface area contributed by atoms with Gasteiger partial charge in [0.2, 0.25) is 15.9 Å². The molecule has 1 aliphatic heterocycles. The fourth-order valence-corrected chi connectivity index (χ4v) is 4.72. The van der Waals surface area contributed by atoms with Gasteiger partial charge in [-0.1, -0.05) is 36.4 Å². The number of hydrogen-bond donors (Lipinski definition) is 1. The first kappa shape index (κ1) is 18.3. The molecular formula is C19H20N2O4S. The Morgan fingerprint density at radius 2 is 1.88 bits per heavy atom. The van der Waals surface area contributed by atoms with E-state index in [0.29, 0.717) is 11.1 Å². The van der Waals surface area contributed by atoms with Crippen molar-refractivity contribution < 1.29 is 18.0 Å². The highest BCUT2D eigenvalue weighted by Gasteiger charge is 2.40. The van der Waals surface area contributed by atoms with Crippen LogP contribution in [0.4, 0.5) is 0 Å². The average molecular weight is 372 g/mol. The topological polar surface area (TPSA) is 83.6 Å². The third kappa shape index (κ3) is 3.27. The van der Waals surface area contributed by atoms with Gasteiger partial charge < -0.3 is 5.32 Å². The van der Waals surface area contributed by atoms with Crippen molar-refractivity contribution in [2.24, 2.45) is 0 Å². The van der Waals surface area contributed by atoms with Crippen LogP contribution in [0.25, 0.3) is 0 Å². The van der Waals surface area contributed by atoms with Gasteiger partial charge in [0, 0.05) is 18.7 Å². The van der Waals surface area contributed by atoms with Crippen molar-refractivity contribution in [2.75, 3.05) is 13.1 Å². The maximum Gasteiger partial charge on any atom is 0.244 e. The number of carbonyl (C=O) groups is 2. The lowest BCUT2D eigenvalue weighted by molar-refractivity contribution is -0.126. The molecule has 2 aromatic carbocycles. The molecule has 1 unspecified atom stereocenters. The highest BCUT2D eigenvalue weighted by atomic mass is 32.2. The minimum absolute atomic E-state index is 0.0125. The fraction of sp³-hybridized carbons (Fsp3) is 0.263. The lowest BCUT2D eigenvalue weighted by Crippen LogP contribution is -2.52. The SMILES string of the molecule is CC(=O)c1cccc(S(=O)(=O)N2CCNC(=O)C2c2ccccc2C)c1. The van der Waals surface area contributed by atoms with Crippen molar-refractivity contribution in [3.63, 3.8) is 0 Å². The molecule has 0 spiro atoms. The molecule has 1 fully saturated rings. The molecule has 7 heteroatoms. The summed E-state index contributed by atoms with van der Waals surface area (Å²) in [6, 6.07) is 12.2. The minimum atomic E-state index is -3.94. The number of ketones is 1. The van der Waals surface area contributed by atoms with E-state index >= 15 is 0 Å². The molecule has 1 heterocycles. The number of carbonyl (C=O) groups excluding carboxylic acids is 2. The number of nitrogens with zero attached hydrogens (tertiary/aromatic N) is 1. The first-order valence-electron chi connectivity index (χ1n) is 8.28. The summed E-state index contributed by atoms with van der Waals surface area (Å²) in [7, 11) is -3.94. The van der Waals surface area contributed by atoms with Crippen LogP contribution >= 0.6 is 0 Å². The van der Waals surface area contributed by atoms with Gasteiger partial charge >= 0.3 is 0 Å². The van der Waals surface area contributed by atoms with E-state index in [0.717, 1.165) is 5.56 Å². The number of benzene rings is 2. The van der Waals surface area contributed by atoms with Crippen molar-refractivity contribution in [3.05, 3.63) is 65.2 Å². The Morgan fingerprint density at radius 3 is 2.58 bits per heavy atom. The first-order chi connectivity index (χ1) is 12.3. The van der Waals surface area contributed by atoms with Crippen LogP contribution in [-0.2, 0) is 14.8 Å². The molecule has 0 bridgehead atoms. The summed E-state index contributed by atoms with van der Waals surface area (Å²) in [6.07, 6.45) is 0. The zero-order valence-corrected chi connectivity index (χ0v) is 15.4. The van der Waals surface area contributed by atoms with E-state index in [1.54, 1.807) is 18.2 Å². The molecule has 1 N–H and O–H groups in total. The van der Waals surface area contributed by atoms with Crippen LogP contribution < -0.4 is 5.32 Å². The van der Waals surface area contributed by atoms with E-state index in [1.807, 2.05) is 19.1 Å². The predicted molar refractivity (Wildman–Crippen MR) is 97.3 cm³/mol. The highest BCUT2D eigenvalue weighted by molar-refractivity contribution is 7.89. The van der Waals surface area contributed by atoms with E-state index < -0.39 is 16.1 Å². The summed E-state index contributed by atoms with van der Waals surface area (Å²) in [6.45, 7) is 3.64. The molecule has 0 saturated carbocycles. The predicted octanol–water partition coefficient (Wildman–Crippen LogP) is 2.06. The Balaban J connectivity index is 2.10. The minimum Gasteiger partial charge on any atom is -0.353 e. The van der Waals surface area contributed by atoms with Crippen molar-refractivity contribution >= 4 is 21.7 Å². The van der Waals surface area contributed by atoms with Crippen LogP contribution in [0.15, 0.2) is 53.4 Å². The first-order valence-corrected chi connectivity index (χ1v) is 9.72. The van der Waals surface area contributed by atoms with Crippen LogP contribution in [0, 0.1) is 6.92 Å². The lowest BCUT2D eigenvalue weighted by atomic mass is 9.99. The molecule has 2 aromatic rings. The molecule has 0 aliphatic carbocycles. The second-order valence-corrected chi connectivity index (χ2v) is 8.14. The number of amides is 1. The maximum atomic E-state index is 13.2. The van der Waals surface area contributed by atoms with Crippen molar-refractivity contribution in [3.8, 4) is 0 Å². The molecule has 6 nitrogen and oxygen atoms in total. The summed E-state index contributed by atoms with van der Waals surface area (Å²) in [5, 5.41) is 2.74. The van der Waals surface area contributed by atoms with Gasteiger partial charge in [0.1, 0.15) is 6.04 Å². The molecule has 26 heavy (non-hydrogen) atoms. The molecular weight excluding hydrogens is 352 g/mol. The zero-order valence-electron chi connectivity index (χ0n) is 14.6. The summed E-state index contributed by atoms with van der Waals surface area (Å²) >= 11 is 0. The monoisotopic (exact) mass is 372 g/mol. The Hall–Kier alpha value is -2.51. The Morgan fingerprint density at radius 1 is 1.15 bits per heavy atom. The van der Waals surface area contributed by atoms with E-state index in [9.17, 15) is 18.0 Å². The Labute approximate surface area is 152 Å². The third-order valence-corrected chi connectivity index (χ3v) is 6.36. The number of hydrogen-bond acceptors (Lipinski definition) is 4. The van der Waals surface area contributed by atoms with Crippen molar-refractivity contribution in [2.45, 2.75) is 24.8 Å². The average Bonchev–Trinajstić information content (AvgIpc) is 2.62. The largest absolute Gasteiger partial charge is 0.353 e. The van der Waals surface area contributed by atoms with Crippen molar-refractivity contribution in [1.29, 1.82) is 0 Å². The van der Waals surface area contributed by atoms with Gasteiger partial charge in [0.25, 0.3) is 0 Å². The van der Waals surface area contributed by atoms with Crippen LogP contribution in [0.2, 0.25) is 0 Å². The lowest BCUT2D eigenvalue weighted by Gasteiger charge is -2.35. The smallest absolute Gasteiger partial charge is 0.244 e. The highest BCUT2D eigenvalue weighted by Crippen LogP contribution is 2.31. The summed E-state index contributed by atoms with van der Waals surface area (Å²) in [4.78, 5) is 24.2. The van der Waals surface area contributed by atoms with Gasteiger partial charge in [-0.15, -0.1) is 0 Å². The third-order valence-electron chi connectivity index (χ3n) is 4.50. The Kier molecular flexibility index (Phi) is 4.93. The zero-order chi connectivity index (χ0) is 18.9. The van der Waals surface area contributed by atoms with Gasteiger partial charge in [-0.3, -0.25) is 9.59 Å².